The average molecular weight is 216 g/mol. The Morgan fingerprint density at radius 1 is 1.44 bits per heavy atom. The Labute approximate surface area is 97.8 Å². The molecule has 2 heteroatoms. The summed E-state index contributed by atoms with van der Waals surface area (Å²) >= 11 is 0. The molecule has 0 bridgehead atoms. The molecule has 2 rings (SSSR count). The van der Waals surface area contributed by atoms with Crippen LogP contribution >= 0.6 is 0 Å². The highest BCUT2D eigenvalue weighted by atomic mass is 15.1. The number of benzene rings is 1. The van der Waals surface area contributed by atoms with Gasteiger partial charge in [0.05, 0.1) is 0 Å². The number of hydrogen-bond donors (Lipinski definition) is 1. The fourth-order valence-corrected chi connectivity index (χ4v) is 2.29. The molecule has 0 aromatic heterocycles. The molecule has 2 N–H and O–H groups in total. The van der Waals surface area contributed by atoms with E-state index in [1.165, 1.54) is 17.7 Å². The third-order valence-electron chi connectivity index (χ3n) is 3.18. The maximum atomic E-state index is 6.19. The Hall–Kier alpha value is -1.28. The molecular formula is C14H20N2. The van der Waals surface area contributed by atoms with Gasteiger partial charge in [-0.1, -0.05) is 30.4 Å². The van der Waals surface area contributed by atoms with Crippen molar-refractivity contribution < 1.29 is 0 Å². The molecule has 0 aliphatic carbocycles. The number of anilines is 1. The fourth-order valence-electron chi connectivity index (χ4n) is 2.29. The molecule has 1 aromatic rings. The number of para-hydroxylation sites is 1. The van der Waals surface area contributed by atoms with Gasteiger partial charge in [-0.15, -0.1) is 0 Å². The van der Waals surface area contributed by atoms with E-state index in [-0.39, 0.29) is 6.04 Å². The van der Waals surface area contributed by atoms with Crippen LogP contribution in [0.2, 0.25) is 0 Å². The lowest BCUT2D eigenvalue weighted by atomic mass is 10.0. The SMILES string of the molecule is C/C=C/CN1CCCC(N)c2ccccc21. The van der Waals surface area contributed by atoms with Gasteiger partial charge >= 0.3 is 0 Å². The normalized spacial score (nSPS) is 20.9. The second-order valence-electron chi connectivity index (χ2n) is 4.32. The van der Waals surface area contributed by atoms with Crippen molar-refractivity contribution in [3.63, 3.8) is 0 Å². The molecule has 0 saturated carbocycles. The number of rotatable bonds is 2. The summed E-state index contributed by atoms with van der Waals surface area (Å²) in [6, 6.07) is 8.72. The predicted molar refractivity (Wildman–Crippen MR) is 69.6 cm³/mol. The van der Waals surface area contributed by atoms with E-state index in [1.807, 2.05) is 0 Å². The molecule has 1 aliphatic rings. The Kier molecular flexibility index (Phi) is 3.62. The molecule has 2 nitrogen and oxygen atoms in total. The standard InChI is InChI=1S/C14H20N2/c1-2-3-10-16-11-6-8-13(15)12-7-4-5-9-14(12)16/h2-5,7,9,13H,6,8,10-11,15H2,1H3/b3-2+. The molecule has 0 spiro atoms. The number of nitrogens with zero attached hydrogens (tertiary/aromatic N) is 1. The van der Waals surface area contributed by atoms with Crippen molar-refractivity contribution in [3.8, 4) is 0 Å². The minimum atomic E-state index is 0.201. The van der Waals surface area contributed by atoms with E-state index in [0.717, 1.165) is 19.5 Å². The number of nitrogens with two attached hydrogens (primary N) is 1. The van der Waals surface area contributed by atoms with E-state index in [9.17, 15) is 0 Å². The summed E-state index contributed by atoms with van der Waals surface area (Å²) in [5, 5.41) is 0. The van der Waals surface area contributed by atoms with E-state index in [0.29, 0.717) is 0 Å². The van der Waals surface area contributed by atoms with Crippen molar-refractivity contribution in [1.29, 1.82) is 0 Å². The van der Waals surface area contributed by atoms with Crippen LogP contribution in [-0.4, -0.2) is 13.1 Å². The summed E-state index contributed by atoms with van der Waals surface area (Å²) in [7, 11) is 0. The molecule has 0 fully saturated rings. The van der Waals surface area contributed by atoms with E-state index in [1.54, 1.807) is 0 Å². The number of hydrogen-bond acceptors (Lipinski definition) is 2. The van der Waals surface area contributed by atoms with Crippen LogP contribution in [0.4, 0.5) is 5.69 Å². The topological polar surface area (TPSA) is 29.3 Å². The maximum Gasteiger partial charge on any atom is 0.0417 e. The number of fused-ring (bicyclic) bond motifs is 1. The molecule has 0 saturated heterocycles. The minimum absolute atomic E-state index is 0.201. The third kappa shape index (κ3) is 2.27. The van der Waals surface area contributed by atoms with E-state index in [2.05, 4.69) is 48.2 Å². The van der Waals surface area contributed by atoms with Gasteiger partial charge in [0.1, 0.15) is 0 Å². The lowest BCUT2D eigenvalue weighted by molar-refractivity contribution is 0.631. The number of allylic oxidation sites excluding steroid dienone is 1. The zero-order valence-corrected chi connectivity index (χ0v) is 9.89. The van der Waals surface area contributed by atoms with Crippen molar-refractivity contribution in [3.05, 3.63) is 42.0 Å². The van der Waals surface area contributed by atoms with Crippen LogP contribution < -0.4 is 10.6 Å². The van der Waals surface area contributed by atoms with Crippen molar-refractivity contribution in [1.82, 2.24) is 0 Å². The molecular weight excluding hydrogens is 196 g/mol. The first-order valence-electron chi connectivity index (χ1n) is 6.03. The summed E-state index contributed by atoms with van der Waals surface area (Å²) < 4.78 is 0. The monoisotopic (exact) mass is 216 g/mol. The summed E-state index contributed by atoms with van der Waals surface area (Å²) in [6.07, 6.45) is 6.57. The Bertz CT molecular complexity index is 371. The highest BCUT2D eigenvalue weighted by Crippen LogP contribution is 2.30. The van der Waals surface area contributed by atoms with Crippen LogP contribution in [0, 0.1) is 0 Å². The summed E-state index contributed by atoms with van der Waals surface area (Å²) in [5.41, 5.74) is 8.80. The smallest absolute Gasteiger partial charge is 0.0417 e. The van der Waals surface area contributed by atoms with E-state index < -0.39 is 0 Å². The molecule has 0 amide bonds. The first-order chi connectivity index (χ1) is 7.83. The Balaban J connectivity index is 2.31. The van der Waals surface area contributed by atoms with E-state index >= 15 is 0 Å². The summed E-state index contributed by atoms with van der Waals surface area (Å²) in [4.78, 5) is 2.42. The third-order valence-corrected chi connectivity index (χ3v) is 3.18. The zero-order valence-electron chi connectivity index (χ0n) is 9.89. The second kappa shape index (κ2) is 5.17. The quantitative estimate of drug-likeness (QED) is 0.770. The van der Waals surface area contributed by atoms with Gasteiger partial charge in [0.15, 0.2) is 0 Å². The molecule has 1 aromatic carbocycles. The van der Waals surface area contributed by atoms with Crippen LogP contribution in [0.25, 0.3) is 0 Å². The van der Waals surface area contributed by atoms with Gasteiger partial charge in [-0.25, -0.2) is 0 Å². The Morgan fingerprint density at radius 2 is 2.25 bits per heavy atom. The van der Waals surface area contributed by atoms with Crippen molar-refractivity contribution >= 4 is 5.69 Å². The second-order valence-corrected chi connectivity index (χ2v) is 4.32. The zero-order chi connectivity index (χ0) is 11.4. The summed E-state index contributed by atoms with van der Waals surface area (Å²) in [5.74, 6) is 0. The van der Waals surface area contributed by atoms with Gasteiger partial charge in [0, 0.05) is 24.8 Å². The van der Waals surface area contributed by atoms with Gasteiger partial charge in [0.25, 0.3) is 0 Å². The van der Waals surface area contributed by atoms with Gasteiger partial charge in [-0.05, 0) is 31.4 Å². The molecule has 16 heavy (non-hydrogen) atoms. The molecule has 86 valence electrons. The van der Waals surface area contributed by atoms with Gasteiger partial charge in [0.2, 0.25) is 0 Å². The minimum Gasteiger partial charge on any atom is -0.368 e. The molecule has 1 aliphatic heterocycles. The molecule has 1 heterocycles. The van der Waals surface area contributed by atoms with Gasteiger partial charge < -0.3 is 10.6 Å². The van der Waals surface area contributed by atoms with Crippen LogP contribution in [0.15, 0.2) is 36.4 Å². The lowest BCUT2D eigenvalue weighted by Gasteiger charge is -2.23. The first kappa shape index (κ1) is 11.2. The van der Waals surface area contributed by atoms with E-state index in [4.69, 9.17) is 5.73 Å². The molecule has 0 radical (unpaired) electrons. The van der Waals surface area contributed by atoms with Crippen molar-refractivity contribution in [2.45, 2.75) is 25.8 Å². The van der Waals surface area contributed by atoms with Crippen molar-refractivity contribution in [2.75, 3.05) is 18.0 Å². The van der Waals surface area contributed by atoms with Crippen LogP contribution in [0.5, 0.6) is 0 Å². The summed E-state index contributed by atoms with van der Waals surface area (Å²) in [6.45, 7) is 4.16. The average Bonchev–Trinajstić information content (AvgIpc) is 2.47. The maximum absolute atomic E-state index is 6.19. The van der Waals surface area contributed by atoms with Crippen LogP contribution in [-0.2, 0) is 0 Å². The Morgan fingerprint density at radius 3 is 3.06 bits per heavy atom. The van der Waals surface area contributed by atoms with Crippen molar-refractivity contribution in [2.24, 2.45) is 5.73 Å². The van der Waals surface area contributed by atoms with Gasteiger partial charge in [-0.3, -0.25) is 0 Å². The lowest BCUT2D eigenvalue weighted by Crippen LogP contribution is -2.24. The van der Waals surface area contributed by atoms with Gasteiger partial charge in [-0.2, -0.15) is 0 Å². The highest BCUT2D eigenvalue weighted by molar-refractivity contribution is 5.56. The fraction of sp³-hybridized carbons (Fsp3) is 0.429. The van der Waals surface area contributed by atoms with Crippen LogP contribution in [0.1, 0.15) is 31.4 Å². The largest absolute Gasteiger partial charge is 0.368 e. The predicted octanol–water partition coefficient (Wildman–Crippen LogP) is 2.86. The highest BCUT2D eigenvalue weighted by Gasteiger charge is 2.18. The molecule has 1 atom stereocenters. The molecule has 1 unspecified atom stereocenters. The van der Waals surface area contributed by atoms with Crippen LogP contribution in [0.3, 0.4) is 0 Å². The first-order valence-corrected chi connectivity index (χ1v) is 6.03.